The van der Waals surface area contributed by atoms with Crippen LogP contribution in [0.5, 0.6) is 0 Å². The Bertz CT molecular complexity index is 621. The highest BCUT2D eigenvalue weighted by Gasteiger charge is 2.35. The fraction of sp³-hybridized carbons (Fsp3) is 0.353. The number of halogens is 1. The highest BCUT2D eigenvalue weighted by Crippen LogP contribution is 2.32. The topological polar surface area (TPSA) is 20.3 Å². The Kier molecular flexibility index (Phi) is 4.43. The maximum Gasteiger partial charge on any atom is 0.179 e. The van der Waals surface area contributed by atoms with Gasteiger partial charge in [0.15, 0.2) is 5.78 Å². The number of nitrogens with zero attached hydrogens (tertiary/aromatic N) is 1. The van der Waals surface area contributed by atoms with Crippen LogP contribution in [0.1, 0.15) is 35.0 Å². The van der Waals surface area contributed by atoms with Crippen LogP contribution in [-0.4, -0.2) is 22.8 Å². The number of hydrogen-bond donors (Lipinski definition) is 0. The van der Waals surface area contributed by atoms with Crippen molar-refractivity contribution < 1.29 is 4.79 Å². The van der Waals surface area contributed by atoms with E-state index in [1.165, 1.54) is 17.7 Å². The minimum atomic E-state index is -0.113. The Morgan fingerprint density at radius 2 is 2.19 bits per heavy atom. The van der Waals surface area contributed by atoms with E-state index in [1.54, 1.807) is 23.5 Å². The molecule has 0 N–H and O–H groups in total. The Hall–Kier alpha value is -1.16. The van der Waals surface area contributed by atoms with Crippen molar-refractivity contribution in [2.24, 2.45) is 0 Å². The Labute approximate surface area is 134 Å². The third-order valence-electron chi connectivity index (χ3n) is 3.92. The molecule has 1 aromatic carbocycles. The zero-order chi connectivity index (χ0) is 14.8. The summed E-state index contributed by atoms with van der Waals surface area (Å²) in [7, 11) is 0. The number of Topliss-reactive ketones (excluding diaryl/α,β-unsaturated/α-hetero) is 1. The van der Waals surface area contributed by atoms with Crippen LogP contribution in [-0.2, 0) is 6.54 Å². The largest absolute Gasteiger partial charge is 0.292 e. The lowest BCUT2D eigenvalue weighted by Crippen LogP contribution is -2.40. The zero-order valence-electron chi connectivity index (χ0n) is 12.0. The first-order valence-electron chi connectivity index (χ1n) is 7.23. The monoisotopic (exact) mass is 319 g/mol. The Morgan fingerprint density at radius 1 is 1.38 bits per heavy atom. The lowest BCUT2D eigenvalue weighted by atomic mass is 10.0. The summed E-state index contributed by atoms with van der Waals surface area (Å²) in [6, 6.07) is 11.9. The molecule has 1 aliphatic carbocycles. The average Bonchev–Trinajstić information content (AvgIpc) is 3.20. The number of hydrogen-bond acceptors (Lipinski definition) is 3. The van der Waals surface area contributed by atoms with Crippen molar-refractivity contribution in [2.45, 2.75) is 38.4 Å². The van der Waals surface area contributed by atoms with E-state index in [4.69, 9.17) is 11.6 Å². The third kappa shape index (κ3) is 3.54. The van der Waals surface area contributed by atoms with Crippen LogP contribution in [0.15, 0.2) is 41.8 Å². The van der Waals surface area contributed by atoms with Gasteiger partial charge in [0.2, 0.25) is 0 Å². The summed E-state index contributed by atoms with van der Waals surface area (Å²) in [5.74, 6) is 0.154. The highest BCUT2D eigenvalue weighted by molar-refractivity contribution is 7.09. The molecule has 2 aromatic rings. The molecular formula is C17H18ClNOS. The van der Waals surface area contributed by atoms with Crippen LogP contribution in [0.2, 0.25) is 5.02 Å². The molecule has 3 rings (SSSR count). The van der Waals surface area contributed by atoms with Crippen molar-refractivity contribution in [3.63, 3.8) is 0 Å². The van der Waals surface area contributed by atoms with Crippen LogP contribution >= 0.6 is 22.9 Å². The van der Waals surface area contributed by atoms with E-state index in [1.807, 2.05) is 19.1 Å². The molecular weight excluding hydrogens is 302 g/mol. The van der Waals surface area contributed by atoms with Crippen molar-refractivity contribution in [1.29, 1.82) is 0 Å². The van der Waals surface area contributed by atoms with Gasteiger partial charge in [-0.25, -0.2) is 0 Å². The SMILES string of the molecule is CC(C(=O)c1cccc(Cl)c1)N(Cc1cccs1)C1CC1. The van der Waals surface area contributed by atoms with Gasteiger partial charge in [-0.05, 0) is 43.3 Å². The van der Waals surface area contributed by atoms with Gasteiger partial charge in [0, 0.05) is 28.0 Å². The molecule has 1 aliphatic rings. The smallest absolute Gasteiger partial charge is 0.179 e. The number of benzene rings is 1. The van der Waals surface area contributed by atoms with Gasteiger partial charge >= 0.3 is 0 Å². The summed E-state index contributed by atoms with van der Waals surface area (Å²) in [5.41, 5.74) is 0.701. The fourth-order valence-corrected chi connectivity index (χ4v) is 3.51. The van der Waals surface area contributed by atoms with Gasteiger partial charge in [-0.1, -0.05) is 29.8 Å². The van der Waals surface area contributed by atoms with Crippen molar-refractivity contribution in [3.8, 4) is 0 Å². The molecule has 0 bridgehead atoms. The second-order valence-electron chi connectivity index (χ2n) is 5.53. The molecule has 0 aliphatic heterocycles. The molecule has 0 spiro atoms. The van der Waals surface area contributed by atoms with E-state index < -0.39 is 0 Å². The standard InChI is InChI=1S/C17H18ClNOS/c1-12(17(20)13-4-2-5-14(18)10-13)19(15-7-8-15)11-16-6-3-9-21-16/h2-6,9-10,12,15H,7-8,11H2,1H3. The first-order chi connectivity index (χ1) is 10.1. The number of thiophene rings is 1. The van der Waals surface area contributed by atoms with Crippen LogP contribution in [0.25, 0.3) is 0 Å². The summed E-state index contributed by atoms with van der Waals surface area (Å²) >= 11 is 7.75. The predicted molar refractivity (Wildman–Crippen MR) is 88.1 cm³/mol. The first-order valence-corrected chi connectivity index (χ1v) is 8.49. The molecule has 0 saturated heterocycles. The van der Waals surface area contributed by atoms with Crippen LogP contribution in [0.4, 0.5) is 0 Å². The molecule has 0 radical (unpaired) electrons. The number of rotatable bonds is 6. The van der Waals surface area contributed by atoms with Gasteiger partial charge in [0.25, 0.3) is 0 Å². The quantitative estimate of drug-likeness (QED) is 0.723. The third-order valence-corrected chi connectivity index (χ3v) is 5.02. The molecule has 4 heteroatoms. The summed E-state index contributed by atoms with van der Waals surface area (Å²) in [5, 5.41) is 2.70. The molecule has 1 aromatic heterocycles. The number of ketones is 1. The van der Waals surface area contributed by atoms with E-state index in [0.29, 0.717) is 16.6 Å². The van der Waals surface area contributed by atoms with Gasteiger partial charge in [-0.2, -0.15) is 0 Å². The van der Waals surface area contributed by atoms with Gasteiger partial charge < -0.3 is 0 Å². The van der Waals surface area contributed by atoms with E-state index in [0.717, 1.165) is 6.54 Å². The summed E-state index contributed by atoms with van der Waals surface area (Å²) < 4.78 is 0. The normalized spacial score (nSPS) is 16.1. The summed E-state index contributed by atoms with van der Waals surface area (Å²) in [6.45, 7) is 2.87. The van der Waals surface area contributed by atoms with E-state index in [2.05, 4.69) is 22.4 Å². The van der Waals surface area contributed by atoms with Crippen LogP contribution < -0.4 is 0 Å². The van der Waals surface area contributed by atoms with Crippen molar-refractivity contribution >= 4 is 28.7 Å². The summed E-state index contributed by atoms with van der Waals surface area (Å²) in [4.78, 5) is 16.3. The molecule has 2 nitrogen and oxygen atoms in total. The molecule has 1 saturated carbocycles. The van der Waals surface area contributed by atoms with Gasteiger partial charge in [0.1, 0.15) is 0 Å². The van der Waals surface area contributed by atoms with E-state index in [-0.39, 0.29) is 11.8 Å². The van der Waals surface area contributed by atoms with Crippen molar-refractivity contribution in [1.82, 2.24) is 4.90 Å². The van der Waals surface area contributed by atoms with Gasteiger partial charge in [-0.3, -0.25) is 9.69 Å². The molecule has 1 heterocycles. The lowest BCUT2D eigenvalue weighted by molar-refractivity contribution is 0.0816. The average molecular weight is 320 g/mol. The summed E-state index contributed by atoms with van der Waals surface area (Å²) in [6.07, 6.45) is 2.39. The maximum absolute atomic E-state index is 12.7. The molecule has 1 atom stereocenters. The first kappa shape index (κ1) is 14.8. The Balaban J connectivity index is 1.77. The van der Waals surface area contributed by atoms with Gasteiger partial charge in [0.05, 0.1) is 6.04 Å². The van der Waals surface area contributed by atoms with Crippen LogP contribution in [0.3, 0.4) is 0 Å². The van der Waals surface area contributed by atoms with Crippen molar-refractivity contribution in [2.75, 3.05) is 0 Å². The lowest BCUT2D eigenvalue weighted by Gasteiger charge is -2.27. The number of carbonyl (C=O) groups is 1. The highest BCUT2D eigenvalue weighted by atomic mass is 35.5. The molecule has 0 amide bonds. The minimum Gasteiger partial charge on any atom is -0.292 e. The molecule has 21 heavy (non-hydrogen) atoms. The molecule has 1 fully saturated rings. The van der Waals surface area contributed by atoms with E-state index in [9.17, 15) is 4.79 Å². The van der Waals surface area contributed by atoms with E-state index >= 15 is 0 Å². The van der Waals surface area contributed by atoms with Gasteiger partial charge in [-0.15, -0.1) is 11.3 Å². The fourth-order valence-electron chi connectivity index (χ4n) is 2.60. The predicted octanol–water partition coefficient (Wildman–Crippen LogP) is 4.64. The molecule has 1 unspecified atom stereocenters. The second-order valence-corrected chi connectivity index (χ2v) is 7.00. The maximum atomic E-state index is 12.7. The molecule has 110 valence electrons. The van der Waals surface area contributed by atoms with Crippen LogP contribution in [0, 0.1) is 0 Å². The second kappa shape index (κ2) is 6.30. The number of carbonyl (C=O) groups excluding carboxylic acids is 1. The Morgan fingerprint density at radius 3 is 2.81 bits per heavy atom. The minimum absolute atomic E-state index is 0.113. The zero-order valence-corrected chi connectivity index (χ0v) is 13.5. The van der Waals surface area contributed by atoms with Crippen molar-refractivity contribution in [3.05, 3.63) is 57.2 Å².